The highest BCUT2D eigenvalue weighted by Crippen LogP contribution is 2.18. The maximum absolute atomic E-state index is 13.4. The number of carbonyl (C=O) groups excluding carboxylic acids is 3. The van der Waals surface area contributed by atoms with Crippen LogP contribution in [0.15, 0.2) is 11.6 Å². The van der Waals surface area contributed by atoms with E-state index in [4.69, 9.17) is 9.47 Å². The number of esters is 1. The SMILES string of the molecule is CCOC(=O)/C(C)=C/[C@H](C(C)C)N(C)C(=O)[C@@H](NC(=O)[C@@H]1CCCCN1C)[C@@H](C)OC. The highest BCUT2D eigenvalue weighted by Gasteiger charge is 2.35. The van der Waals surface area contributed by atoms with Crippen molar-refractivity contribution in [3.63, 3.8) is 0 Å². The zero-order chi connectivity index (χ0) is 23.7. The van der Waals surface area contributed by atoms with Crippen molar-refractivity contribution >= 4 is 17.8 Å². The van der Waals surface area contributed by atoms with Crippen LogP contribution >= 0.6 is 0 Å². The van der Waals surface area contributed by atoms with E-state index in [2.05, 4.69) is 5.32 Å². The molecule has 0 aromatic heterocycles. The number of amides is 2. The number of ether oxygens (including phenoxy) is 2. The van der Waals surface area contributed by atoms with Crippen molar-refractivity contribution in [1.29, 1.82) is 0 Å². The van der Waals surface area contributed by atoms with Crippen molar-refractivity contribution in [1.82, 2.24) is 15.1 Å². The number of nitrogens with zero attached hydrogens (tertiary/aromatic N) is 2. The molecule has 0 unspecified atom stereocenters. The van der Waals surface area contributed by atoms with Crippen LogP contribution in [0.2, 0.25) is 0 Å². The Kier molecular flexibility index (Phi) is 11.2. The van der Waals surface area contributed by atoms with Gasteiger partial charge in [-0.2, -0.15) is 0 Å². The highest BCUT2D eigenvalue weighted by molar-refractivity contribution is 5.91. The molecule has 2 amide bonds. The lowest BCUT2D eigenvalue weighted by atomic mass is 9.98. The van der Waals surface area contributed by atoms with Crippen molar-refractivity contribution in [2.45, 2.75) is 78.1 Å². The lowest BCUT2D eigenvalue weighted by Crippen LogP contribution is -2.59. The molecule has 1 saturated heterocycles. The number of hydrogen-bond donors (Lipinski definition) is 1. The molecule has 4 atom stereocenters. The second-order valence-electron chi connectivity index (χ2n) is 8.67. The Hall–Kier alpha value is -1.93. The van der Waals surface area contributed by atoms with Gasteiger partial charge < -0.3 is 19.7 Å². The van der Waals surface area contributed by atoms with Gasteiger partial charge in [-0.15, -0.1) is 0 Å². The fourth-order valence-electron chi connectivity index (χ4n) is 3.86. The monoisotopic (exact) mass is 439 g/mol. The highest BCUT2D eigenvalue weighted by atomic mass is 16.5. The predicted molar refractivity (Wildman–Crippen MR) is 120 cm³/mol. The molecule has 0 saturated carbocycles. The number of nitrogens with one attached hydrogen (secondary N) is 1. The zero-order valence-corrected chi connectivity index (χ0v) is 20.4. The molecule has 1 aliphatic rings. The summed E-state index contributed by atoms with van der Waals surface area (Å²) in [6.07, 6.45) is 4.09. The van der Waals surface area contributed by atoms with E-state index < -0.39 is 18.1 Å². The Morgan fingerprint density at radius 3 is 2.39 bits per heavy atom. The van der Waals surface area contributed by atoms with E-state index in [0.29, 0.717) is 12.2 Å². The van der Waals surface area contributed by atoms with Crippen molar-refractivity contribution in [3.8, 4) is 0 Å². The summed E-state index contributed by atoms with van der Waals surface area (Å²) in [6.45, 7) is 10.3. The molecule has 8 nitrogen and oxygen atoms in total. The lowest BCUT2D eigenvalue weighted by Gasteiger charge is -2.36. The number of piperidine rings is 1. The fraction of sp³-hybridized carbons (Fsp3) is 0.783. The Morgan fingerprint density at radius 2 is 1.87 bits per heavy atom. The van der Waals surface area contributed by atoms with Crippen LogP contribution in [-0.2, 0) is 23.9 Å². The summed E-state index contributed by atoms with van der Waals surface area (Å²) in [5, 5.41) is 2.93. The van der Waals surface area contributed by atoms with Crippen LogP contribution < -0.4 is 5.32 Å². The second-order valence-corrected chi connectivity index (χ2v) is 8.67. The van der Waals surface area contributed by atoms with E-state index in [-0.39, 0.29) is 29.8 Å². The molecule has 1 aliphatic heterocycles. The van der Waals surface area contributed by atoms with E-state index in [1.165, 1.54) is 7.11 Å². The van der Waals surface area contributed by atoms with Crippen LogP contribution in [0, 0.1) is 5.92 Å². The van der Waals surface area contributed by atoms with Gasteiger partial charge in [-0.05, 0) is 53.1 Å². The minimum absolute atomic E-state index is 0.0528. The van der Waals surface area contributed by atoms with Gasteiger partial charge in [-0.3, -0.25) is 14.5 Å². The molecule has 0 aromatic rings. The molecule has 1 fully saturated rings. The molecule has 1 heterocycles. The molecule has 0 spiro atoms. The summed E-state index contributed by atoms with van der Waals surface area (Å²) >= 11 is 0. The van der Waals surface area contributed by atoms with Crippen molar-refractivity contribution < 1.29 is 23.9 Å². The maximum atomic E-state index is 13.4. The van der Waals surface area contributed by atoms with Crippen LogP contribution in [0.3, 0.4) is 0 Å². The van der Waals surface area contributed by atoms with E-state index in [1.807, 2.05) is 25.8 Å². The van der Waals surface area contributed by atoms with Crippen LogP contribution in [0.25, 0.3) is 0 Å². The van der Waals surface area contributed by atoms with Crippen molar-refractivity contribution in [2.24, 2.45) is 5.92 Å². The van der Waals surface area contributed by atoms with Crippen LogP contribution in [0.5, 0.6) is 0 Å². The van der Waals surface area contributed by atoms with Gasteiger partial charge in [0.05, 0.1) is 24.8 Å². The summed E-state index contributed by atoms with van der Waals surface area (Å²) in [7, 11) is 5.15. The van der Waals surface area contributed by atoms with E-state index >= 15 is 0 Å². The summed E-state index contributed by atoms with van der Waals surface area (Å²) in [6, 6.07) is -1.40. The van der Waals surface area contributed by atoms with Gasteiger partial charge in [0, 0.05) is 19.7 Å². The molecule has 0 bridgehead atoms. The van der Waals surface area contributed by atoms with Crippen molar-refractivity contribution in [3.05, 3.63) is 11.6 Å². The van der Waals surface area contributed by atoms with Crippen molar-refractivity contribution in [2.75, 3.05) is 34.4 Å². The van der Waals surface area contributed by atoms with Crippen LogP contribution in [-0.4, -0.2) is 86.2 Å². The molecule has 1 N–H and O–H groups in total. The third-order valence-corrected chi connectivity index (χ3v) is 5.97. The summed E-state index contributed by atoms with van der Waals surface area (Å²) in [5.41, 5.74) is 0.449. The van der Waals surface area contributed by atoms with Gasteiger partial charge in [-0.25, -0.2) is 4.79 Å². The molecular formula is C23H41N3O5. The van der Waals surface area contributed by atoms with E-state index in [0.717, 1.165) is 25.8 Å². The summed E-state index contributed by atoms with van der Waals surface area (Å²) < 4.78 is 10.5. The summed E-state index contributed by atoms with van der Waals surface area (Å²) in [4.78, 5) is 42.1. The second kappa shape index (κ2) is 12.8. The summed E-state index contributed by atoms with van der Waals surface area (Å²) in [5.74, 6) is -0.758. The van der Waals surface area contributed by atoms with E-state index in [1.54, 1.807) is 38.8 Å². The fourth-order valence-corrected chi connectivity index (χ4v) is 3.86. The average molecular weight is 440 g/mol. The predicted octanol–water partition coefficient (Wildman–Crippen LogP) is 1.98. The van der Waals surface area contributed by atoms with Gasteiger partial charge in [0.15, 0.2) is 0 Å². The number of carbonyl (C=O) groups is 3. The number of hydrogen-bond acceptors (Lipinski definition) is 6. The topological polar surface area (TPSA) is 88.2 Å². The largest absolute Gasteiger partial charge is 0.463 e. The van der Waals surface area contributed by atoms with Crippen LogP contribution in [0.1, 0.15) is 53.9 Å². The smallest absolute Gasteiger partial charge is 0.333 e. The number of likely N-dealkylation sites (N-methyl/N-ethyl adjacent to an activating group) is 2. The third-order valence-electron chi connectivity index (χ3n) is 5.97. The van der Waals surface area contributed by atoms with Gasteiger partial charge in [0.1, 0.15) is 6.04 Å². The molecule has 8 heteroatoms. The normalized spacial score (nSPS) is 20.7. The van der Waals surface area contributed by atoms with Gasteiger partial charge in [-0.1, -0.05) is 26.3 Å². The average Bonchev–Trinajstić information content (AvgIpc) is 2.74. The first-order valence-corrected chi connectivity index (χ1v) is 11.2. The first kappa shape index (κ1) is 27.1. The standard InChI is InChI=1S/C23H41N3O5/c1-9-31-23(29)16(4)14-19(15(2)3)26(7)22(28)20(17(5)30-8)24-21(27)18-12-10-11-13-25(18)6/h14-15,17-20H,9-13H2,1-8H3,(H,24,27)/b16-14+/t17-,18+,19-,20+/m1/s1. The molecule has 31 heavy (non-hydrogen) atoms. The maximum Gasteiger partial charge on any atom is 0.333 e. The first-order valence-electron chi connectivity index (χ1n) is 11.2. The number of likely N-dealkylation sites (tertiary alicyclic amines) is 1. The molecule has 0 radical (unpaired) electrons. The number of methoxy groups -OCH3 is 1. The minimum atomic E-state index is -0.824. The van der Waals surface area contributed by atoms with Gasteiger partial charge in [0.2, 0.25) is 11.8 Å². The first-order chi connectivity index (χ1) is 14.5. The van der Waals surface area contributed by atoms with Gasteiger partial charge >= 0.3 is 5.97 Å². The molecule has 1 rings (SSSR count). The quantitative estimate of drug-likeness (QED) is 0.414. The van der Waals surface area contributed by atoms with Gasteiger partial charge in [0.25, 0.3) is 0 Å². The molecular weight excluding hydrogens is 398 g/mol. The molecule has 0 aliphatic carbocycles. The Labute approximate surface area is 187 Å². The van der Waals surface area contributed by atoms with E-state index in [9.17, 15) is 14.4 Å². The Morgan fingerprint density at radius 1 is 1.23 bits per heavy atom. The Balaban J connectivity index is 3.06. The minimum Gasteiger partial charge on any atom is -0.463 e. The third kappa shape index (κ3) is 7.61. The molecule has 0 aromatic carbocycles. The van der Waals surface area contributed by atoms with Crippen LogP contribution in [0.4, 0.5) is 0 Å². The number of rotatable bonds is 10. The lowest BCUT2D eigenvalue weighted by molar-refractivity contribution is -0.142. The Bertz CT molecular complexity index is 649. The zero-order valence-electron chi connectivity index (χ0n) is 20.4. The molecule has 178 valence electrons.